The second kappa shape index (κ2) is 10.00. The highest BCUT2D eigenvalue weighted by molar-refractivity contribution is 7.16. The summed E-state index contributed by atoms with van der Waals surface area (Å²) in [5, 5.41) is 0. The van der Waals surface area contributed by atoms with Gasteiger partial charge in [0.25, 0.3) is 5.91 Å². The standard InChI is InChI=1S/C22H21ClN4O3S/c23-20-7-6-17(31-20)14-26-9-11-27(12-10-26)21(28)15-30-22(29)8-5-16-13-24-18-3-1-2-4-19(18)25-16/h1-8,13H,9-12,14-15H2/b8-5+. The molecule has 1 aliphatic rings. The third kappa shape index (κ3) is 5.88. The average molecular weight is 457 g/mol. The number of halogens is 1. The number of carbonyl (C=O) groups is 2. The summed E-state index contributed by atoms with van der Waals surface area (Å²) in [6.07, 6.45) is 4.37. The summed E-state index contributed by atoms with van der Waals surface area (Å²) in [4.78, 5) is 38.3. The number of amides is 1. The summed E-state index contributed by atoms with van der Waals surface area (Å²) in [5.41, 5.74) is 2.08. The van der Waals surface area contributed by atoms with E-state index in [4.69, 9.17) is 16.3 Å². The van der Waals surface area contributed by atoms with Gasteiger partial charge in [0.15, 0.2) is 6.61 Å². The van der Waals surface area contributed by atoms with Gasteiger partial charge in [0.1, 0.15) is 0 Å². The first-order chi connectivity index (χ1) is 15.1. The number of piperazine rings is 1. The van der Waals surface area contributed by atoms with Gasteiger partial charge in [-0.05, 0) is 30.3 Å². The number of para-hydroxylation sites is 2. The fourth-order valence-corrected chi connectivity index (χ4v) is 4.42. The van der Waals surface area contributed by atoms with Gasteiger partial charge in [-0.1, -0.05) is 23.7 Å². The van der Waals surface area contributed by atoms with E-state index in [2.05, 4.69) is 14.9 Å². The van der Waals surface area contributed by atoms with Gasteiger partial charge >= 0.3 is 5.97 Å². The Bertz CT molecular complexity index is 1110. The Labute approximate surface area is 188 Å². The summed E-state index contributed by atoms with van der Waals surface area (Å²) in [5.74, 6) is -0.775. The zero-order valence-electron chi connectivity index (χ0n) is 16.7. The third-order valence-corrected chi connectivity index (χ3v) is 6.14. The quantitative estimate of drug-likeness (QED) is 0.418. The molecule has 1 aliphatic heterocycles. The van der Waals surface area contributed by atoms with Gasteiger partial charge in [-0.2, -0.15) is 0 Å². The first-order valence-corrected chi connectivity index (χ1v) is 11.1. The molecule has 0 bridgehead atoms. The van der Waals surface area contributed by atoms with Crippen LogP contribution in [0.15, 0.2) is 48.7 Å². The molecule has 4 rings (SSSR count). The molecule has 0 aliphatic carbocycles. The van der Waals surface area contributed by atoms with Crippen LogP contribution < -0.4 is 0 Å². The maximum absolute atomic E-state index is 12.4. The van der Waals surface area contributed by atoms with Crippen LogP contribution in [-0.4, -0.2) is 64.4 Å². The highest BCUT2D eigenvalue weighted by atomic mass is 35.5. The predicted molar refractivity (Wildman–Crippen MR) is 121 cm³/mol. The second-order valence-electron chi connectivity index (χ2n) is 7.09. The molecule has 3 heterocycles. The smallest absolute Gasteiger partial charge is 0.331 e. The summed E-state index contributed by atoms with van der Waals surface area (Å²) in [7, 11) is 0. The fourth-order valence-electron chi connectivity index (χ4n) is 3.29. The number of thiophene rings is 1. The van der Waals surface area contributed by atoms with Crippen molar-refractivity contribution >= 4 is 51.9 Å². The molecule has 0 spiro atoms. The molecule has 0 unspecified atom stereocenters. The van der Waals surface area contributed by atoms with Crippen LogP contribution in [0.5, 0.6) is 0 Å². The van der Waals surface area contributed by atoms with Crippen LogP contribution in [0, 0.1) is 0 Å². The molecule has 3 aromatic rings. The zero-order valence-corrected chi connectivity index (χ0v) is 18.3. The summed E-state index contributed by atoms with van der Waals surface area (Å²) < 4.78 is 5.88. The number of fused-ring (bicyclic) bond motifs is 1. The van der Waals surface area contributed by atoms with Gasteiger partial charge in [-0.25, -0.2) is 9.78 Å². The van der Waals surface area contributed by atoms with Gasteiger partial charge in [0.05, 0.1) is 27.3 Å². The van der Waals surface area contributed by atoms with Crippen LogP contribution in [0.25, 0.3) is 17.1 Å². The van der Waals surface area contributed by atoms with E-state index in [0.717, 1.165) is 35.0 Å². The van der Waals surface area contributed by atoms with Gasteiger partial charge < -0.3 is 9.64 Å². The van der Waals surface area contributed by atoms with E-state index >= 15 is 0 Å². The van der Waals surface area contributed by atoms with Crippen LogP contribution >= 0.6 is 22.9 Å². The second-order valence-corrected chi connectivity index (χ2v) is 8.89. The van der Waals surface area contributed by atoms with Crippen LogP contribution in [-0.2, 0) is 20.9 Å². The minimum atomic E-state index is -0.587. The highest BCUT2D eigenvalue weighted by Gasteiger charge is 2.22. The van der Waals surface area contributed by atoms with Crippen LogP contribution in [0.2, 0.25) is 4.34 Å². The van der Waals surface area contributed by atoms with Gasteiger partial charge in [0.2, 0.25) is 0 Å². The summed E-state index contributed by atoms with van der Waals surface area (Å²) >= 11 is 7.55. The lowest BCUT2D eigenvalue weighted by atomic mass is 10.3. The molecule has 1 saturated heterocycles. The van der Waals surface area contributed by atoms with Crippen molar-refractivity contribution in [3.63, 3.8) is 0 Å². The molecular weight excluding hydrogens is 436 g/mol. The fraction of sp³-hybridized carbons (Fsp3) is 0.273. The summed E-state index contributed by atoms with van der Waals surface area (Å²) in [6, 6.07) is 11.4. The minimum absolute atomic E-state index is 0.189. The largest absolute Gasteiger partial charge is 0.452 e. The van der Waals surface area contributed by atoms with E-state index in [0.29, 0.717) is 18.8 Å². The Hall–Kier alpha value is -2.81. The minimum Gasteiger partial charge on any atom is -0.452 e. The van der Waals surface area contributed by atoms with Crippen LogP contribution in [0.1, 0.15) is 10.6 Å². The maximum atomic E-state index is 12.4. The van der Waals surface area contributed by atoms with Gasteiger partial charge in [-0.15, -0.1) is 11.3 Å². The molecule has 1 fully saturated rings. The Morgan fingerprint density at radius 3 is 2.61 bits per heavy atom. The monoisotopic (exact) mass is 456 g/mol. The van der Waals surface area contributed by atoms with Crippen LogP contribution in [0.3, 0.4) is 0 Å². The maximum Gasteiger partial charge on any atom is 0.331 e. The molecule has 0 N–H and O–H groups in total. The van der Waals surface area contributed by atoms with Crippen molar-refractivity contribution in [2.75, 3.05) is 32.8 Å². The molecule has 0 saturated carbocycles. The van der Waals surface area contributed by atoms with Crippen LogP contribution in [0.4, 0.5) is 0 Å². The average Bonchev–Trinajstić information content (AvgIpc) is 3.20. The van der Waals surface area contributed by atoms with Crippen molar-refractivity contribution < 1.29 is 14.3 Å². The number of hydrogen-bond acceptors (Lipinski definition) is 7. The molecule has 1 aromatic carbocycles. The van der Waals surface area contributed by atoms with E-state index in [1.54, 1.807) is 22.4 Å². The number of aromatic nitrogens is 2. The highest BCUT2D eigenvalue weighted by Crippen LogP contribution is 2.23. The Kier molecular flexibility index (Phi) is 6.91. The number of benzene rings is 1. The zero-order chi connectivity index (χ0) is 21.6. The number of nitrogens with zero attached hydrogens (tertiary/aromatic N) is 4. The lowest BCUT2D eigenvalue weighted by Crippen LogP contribution is -2.49. The Morgan fingerprint density at radius 2 is 1.87 bits per heavy atom. The van der Waals surface area contributed by atoms with Crippen molar-refractivity contribution in [1.29, 1.82) is 0 Å². The van der Waals surface area contributed by atoms with E-state index < -0.39 is 5.97 Å². The molecule has 160 valence electrons. The normalized spacial score (nSPS) is 14.9. The number of rotatable bonds is 6. The molecule has 1 amide bonds. The molecule has 2 aromatic heterocycles. The first kappa shape index (κ1) is 21.4. The molecule has 0 atom stereocenters. The van der Waals surface area contributed by atoms with Crippen molar-refractivity contribution in [3.05, 3.63) is 63.6 Å². The van der Waals surface area contributed by atoms with Crippen molar-refractivity contribution in [3.8, 4) is 0 Å². The van der Waals surface area contributed by atoms with Gasteiger partial charge in [0, 0.05) is 43.7 Å². The van der Waals surface area contributed by atoms with Crippen molar-refractivity contribution in [2.45, 2.75) is 6.54 Å². The number of carbonyl (C=O) groups excluding carboxylic acids is 2. The molecule has 9 heteroatoms. The van der Waals surface area contributed by atoms with E-state index in [9.17, 15) is 9.59 Å². The Morgan fingerprint density at radius 1 is 1.10 bits per heavy atom. The molecular formula is C22H21ClN4O3S. The van der Waals surface area contributed by atoms with E-state index in [1.807, 2.05) is 36.4 Å². The SMILES string of the molecule is O=C(/C=C/c1cnc2ccccc2n1)OCC(=O)N1CCN(Cc2ccc(Cl)s2)CC1. The molecule has 0 radical (unpaired) electrons. The van der Waals surface area contributed by atoms with E-state index in [-0.39, 0.29) is 12.5 Å². The third-order valence-electron chi connectivity index (χ3n) is 4.93. The lowest BCUT2D eigenvalue weighted by molar-refractivity contribution is -0.149. The van der Waals surface area contributed by atoms with Crippen molar-refractivity contribution in [1.82, 2.24) is 19.8 Å². The topological polar surface area (TPSA) is 75.6 Å². The summed E-state index contributed by atoms with van der Waals surface area (Å²) in [6.45, 7) is 3.32. The number of esters is 1. The van der Waals surface area contributed by atoms with Crippen molar-refractivity contribution in [2.24, 2.45) is 0 Å². The van der Waals surface area contributed by atoms with E-state index in [1.165, 1.54) is 17.0 Å². The number of hydrogen-bond donors (Lipinski definition) is 0. The lowest BCUT2D eigenvalue weighted by Gasteiger charge is -2.34. The first-order valence-electron chi connectivity index (χ1n) is 9.88. The Balaban J connectivity index is 1.21. The van der Waals surface area contributed by atoms with Gasteiger partial charge in [-0.3, -0.25) is 14.7 Å². The molecule has 31 heavy (non-hydrogen) atoms. The predicted octanol–water partition coefficient (Wildman–Crippen LogP) is 3.25. The number of ether oxygens (including phenoxy) is 1. The molecule has 7 nitrogen and oxygen atoms in total.